The lowest BCUT2D eigenvalue weighted by molar-refractivity contribution is 0.355. The second-order valence-corrected chi connectivity index (χ2v) is 7.49. The van der Waals surface area contributed by atoms with E-state index in [1.807, 2.05) is 47.7 Å². The zero-order valence-corrected chi connectivity index (χ0v) is 17.6. The summed E-state index contributed by atoms with van der Waals surface area (Å²) in [5.74, 6) is 2.19. The molecule has 0 aliphatic carbocycles. The fraction of sp³-hybridized carbons (Fsp3) is 0.143. The van der Waals surface area contributed by atoms with Crippen LogP contribution in [0.25, 0.3) is 21.3 Å². The number of fused-ring (bicyclic) bond motifs is 1. The van der Waals surface area contributed by atoms with Gasteiger partial charge in [-0.2, -0.15) is 4.98 Å². The van der Waals surface area contributed by atoms with E-state index in [4.69, 9.17) is 21.1 Å². The smallest absolute Gasteiger partial charge is 0.225 e. The molecule has 148 valence electrons. The summed E-state index contributed by atoms with van der Waals surface area (Å²) in [6.07, 6.45) is 0. The van der Waals surface area contributed by atoms with Crippen LogP contribution >= 0.6 is 22.9 Å². The molecular formula is C21H18ClN3O3S. The third kappa shape index (κ3) is 3.54. The Kier molecular flexibility index (Phi) is 5.17. The largest absolute Gasteiger partial charge is 0.508 e. The Morgan fingerprint density at radius 3 is 2.41 bits per heavy atom. The van der Waals surface area contributed by atoms with Gasteiger partial charge in [0.25, 0.3) is 0 Å². The third-order valence-corrected chi connectivity index (χ3v) is 5.68. The number of hydrogen-bond donors (Lipinski definition) is 1. The number of halogens is 1. The van der Waals surface area contributed by atoms with E-state index in [0.29, 0.717) is 17.3 Å². The van der Waals surface area contributed by atoms with Crippen molar-refractivity contribution in [1.82, 2.24) is 9.97 Å². The minimum absolute atomic E-state index is 0.179. The van der Waals surface area contributed by atoms with E-state index in [9.17, 15) is 5.11 Å². The second kappa shape index (κ2) is 7.77. The molecular weight excluding hydrogens is 410 g/mol. The predicted octanol–water partition coefficient (Wildman–Crippen LogP) is 5.50. The number of anilines is 2. The molecule has 0 aliphatic rings. The lowest BCUT2D eigenvalue weighted by atomic mass is 10.0. The fourth-order valence-electron chi connectivity index (χ4n) is 3.16. The van der Waals surface area contributed by atoms with Crippen molar-refractivity contribution in [2.75, 3.05) is 26.2 Å². The molecule has 2 heterocycles. The molecule has 0 atom stereocenters. The number of phenolic OH excluding ortho intramolecular Hbond substituents is 1. The van der Waals surface area contributed by atoms with Crippen LogP contribution in [0.2, 0.25) is 5.28 Å². The first-order valence-corrected chi connectivity index (χ1v) is 9.97. The van der Waals surface area contributed by atoms with Gasteiger partial charge < -0.3 is 19.5 Å². The van der Waals surface area contributed by atoms with E-state index in [1.165, 1.54) is 11.3 Å². The summed E-state index contributed by atoms with van der Waals surface area (Å²) in [4.78, 5) is 11.6. The Morgan fingerprint density at radius 1 is 1.00 bits per heavy atom. The SMILES string of the molecule is COc1ccc(-c2csc3nc(Cl)nc(N(C)c4ccc(O)cc4)c23)cc1OC. The molecule has 0 saturated carbocycles. The highest BCUT2D eigenvalue weighted by atomic mass is 35.5. The van der Waals surface area contributed by atoms with Gasteiger partial charge in [0.1, 0.15) is 16.4 Å². The number of ether oxygens (including phenoxy) is 2. The Balaban J connectivity index is 1.90. The average Bonchev–Trinajstić information content (AvgIpc) is 3.16. The van der Waals surface area contributed by atoms with Crippen molar-refractivity contribution < 1.29 is 14.6 Å². The number of nitrogens with zero attached hydrogens (tertiary/aromatic N) is 3. The van der Waals surface area contributed by atoms with Gasteiger partial charge in [0.05, 0.1) is 19.6 Å². The van der Waals surface area contributed by atoms with Crippen molar-refractivity contribution >= 4 is 44.7 Å². The van der Waals surface area contributed by atoms with Crippen LogP contribution in [0.4, 0.5) is 11.5 Å². The van der Waals surface area contributed by atoms with Crippen molar-refractivity contribution in [1.29, 1.82) is 0 Å². The quantitative estimate of drug-likeness (QED) is 0.424. The minimum Gasteiger partial charge on any atom is -0.508 e. The van der Waals surface area contributed by atoms with Crippen LogP contribution in [0.1, 0.15) is 0 Å². The summed E-state index contributed by atoms with van der Waals surface area (Å²) in [5.41, 5.74) is 2.80. The number of benzene rings is 2. The molecule has 29 heavy (non-hydrogen) atoms. The molecule has 4 aromatic rings. The third-order valence-electron chi connectivity index (χ3n) is 4.64. The van der Waals surface area contributed by atoms with E-state index in [-0.39, 0.29) is 11.0 Å². The highest BCUT2D eigenvalue weighted by molar-refractivity contribution is 7.17. The van der Waals surface area contributed by atoms with Crippen molar-refractivity contribution in [3.63, 3.8) is 0 Å². The van der Waals surface area contributed by atoms with E-state index in [0.717, 1.165) is 27.0 Å². The Labute approximate surface area is 176 Å². The van der Waals surface area contributed by atoms with E-state index < -0.39 is 0 Å². The van der Waals surface area contributed by atoms with Crippen molar-refractivity contribution in [2.45, 2.75) is 0 Å². The number of phenols is 1. The van der Waals surface area contributed by atoms with Crippen LogP contribution in [-0.2, 0) is 0 Å². The molecule has 0 amide bonds. The molecule has 0 aliphatic heterocycles. The molecule has 6 nitrogen and oxygen atoms in total. The normalized spacial score (nSPS) is 10.9. The maximum atomic E-state index is 9.59. The monoisotopic (exact) mass is 427 g/mol. The van der Waals surface area contributed by atoms with Crippen LogP contribution in [0, 0.1) is 0 Å². The lowest BCUT2D eigenvalue weighted by Gasteiger charge is -2.20. The molecule has 0 spiro atoms. The van der Waals surface area contributed by atoms with Gasteiger partial charge >= 0.3 is 0 Å². The van der Waals surface area contributed by atoms with Gasteiger partial charge in [0, 0.05) is 23.7 Å². The van der Waals surface area contributed by atoms with Crippen molar-refractivity contribution in [3.05, 3.63) is 53.1 Å². The molecule has 1 N–H and O–H groups in total. The summed E-state index contributed by atoms with van der Waals surface area (Å²) >= 11 is 7.71. The molecule has 0 fully saturated rings. The highest BCUT2D eigenvalue weighted by Gasteiger charge is 2.19. The molecule has 4 rings (SSSR count). The lowest BCUT2D eigenvalue weighted by Crippen LogP contribution is -2.12. The van der Waals surface area contributed by atoms with Gasteiger partial charge in [-0.15, -0.1) is 11.3 Å². The molecule has 0 bridgehead atoms. The maximum absolute atomic E-state index is 9.59. The number of hydrogen-bond acceptors (Lipinski definition) is 7. The topological polar surface area (TPSA) is 67.7 Å². The van der Waals surface area contributed by atoms with E-state index in [1.54, 1.807) is 26.4 Å². The summed E-state index contributed by atoms with van der Waals surface area (Å²) in [5, 5.41) is 12.7. The van der Waals surface area contributed by atoms with Crippen LogP contribution < -0.4 is 14.4 Å². The summed E-state index contributed by atoms with van der Waals surface area (Å²) in [6, 6.07) is 12.7. The summed E-state index contributed by atoms with van der Waals surface area (Å²) < 4.78 is 10.8. The number of methoxy groups -OCH3 is 2. The first-order chi connectivity index (χ1) is 14.0. The number of thiophene rings is 1. The van der Waals surface area contributed by atoms with Crippen molar-refractivity contribution in [3.8, 4) is 28.4 Å². The molecule has 2 aromatic heterocycles. The number of rotatable bonds is 5. The van der Waals surface area contributed by atoms with Gasteiger partial charge in [-0.05, 0) is 53.6 Å². The van der Waals surface area contributed by atoms with Crippen LogP contribution in [0.5, 0.6) is 17.2 Å². The average molecular weight is 428 g/mol. The first-order valence-electron chi connectivity index (χ1n) is 8.71. The second-order valence-electron chi connectivity index (χ2n) is 6.29. The standard InChI is InChI=1S/C21H18ClN3O3S/c1-25(13-5-7-14(26)8-6-13)19-18-15(11-29-20(18)24-21(22)23-19)12-4-9-16(27-2)17(10-12)28-3/h4-11,26H,1-3H3. The Morgan fingerprint density at radius 2 is 1.72 bits per heavy atom. The van der Waals surface area contributed by atoms with Gasteiger partial charge in [-0.1, -0.05) is 6.07 Å². The number of aromatic nitrogens is 2. The van der Waals surface area contributed by atoms with Crippen molar-refractivity contribution in [2.24, 2.45) is 0 Å². The first kappa shape index (κ1) is 19.3. The van der Waals surface area contributed by atoms with Crippen LogP contribution in [0.15, 0.2) is 47.8 Å². The molecule has 0 unspecified atom stereocenters. The Bertz CT molecular complexity index is 1180. The fourth-order valence-corrected chi connectivity index (χ4v) is 4.31. The van der Waals surface area contributed by atoms with Crippen LogP contribution in [-0.4, -0.2) is 36.3 Å². The van der Waals surface area contributed by atoms with E-state index >= 15 is 0 Å². The van der Waals surface area contributed by atoms with Crippen LogP contribution in [0.3, 0.4) is 0 Å². The summed E-state index contributed by atoms with van der Waals surface area (Å²) in [7, 11) is 5.12. The Hall–Kier alpha value is -3.03. The highest BCUT2D eigenvalue weighted by Crippen LogP contribution is 2.42. The molecule has 8 heteroatoms. The number of aromatic hydroxyl groups is 1. The molecule has 0 saturated heterocycles. The predicted molar refractivity (Wildman–Crippen MR) is 117 cm³/mol. The van der Waals surface area contributed by atoms with Gasteiger partial charge in [0.2, 0.25) is 5.28 Å². The zero-order chi connectivity index (χ0) is 20.5. The molecule has 2 aromatic carbocycles. The summed E-state index contributed by atoms with van der Waals surface area (Å²) in [6.45, 7) is 0. The zero-order valence-electron chi connectivity index (χ0n) is 16.0. The van der Waals surface area contributed by atoms with Gasteiger partial charge in [0.15, 0.2) is 11.5 Å². The maximum Gasteiger partial charge on any atom is 0.225 e. The molecule has 0 radical (unpaired) electrons. The minimum atomic E-state index is 0.179. The van der Waals surface area contributed by atoms with Gasteiger partial charge in [-0.3, -0.25) is 0 Å². The van der Waals surface area contributed by atoms with E-state index in [2.05, 4.69) is 9.97 Å². The van der Waals surface area contributed by atoms with Gasteiger partial charge in [-0.25, -0.2) is 4.98 Å².